The van der Waals surface area contributed by atoms with Gasteiger partial charge in [-0.3, -0.25) is 9.59 Å². The van der Waals surface area contributed by atoms with Crippen molar-refractivity contribution in [3.05, 3.63) is 0 Å². The van der Waals surface area contributed by atoms with Crippen LogP contribution < -0.4 is 0 Å². The number of hydrogen-bond donors (Lipinski definition) is 0. The maximum absolute atomic E-state index is 12.4. The number of rotatable bonds is 30. The van der Waals surface area contributed by atoms with E-state index in [1.165, 1.54) is 103 Å². The van der Waals surface area contributed by atoms with Gasteiger partial charge >= 0.3 is 11.9 Å². The molecular formula is C34H66O4. The Balaban J connectivity index is 3.88. The molecule has 0 fully saturated rings. The molecule has 0 aromatic heterocycles. The monoisotopic (exact) mass is 538 g/mol. The first-order chi connectivity index (χ1) is 18.6. The normalized spacial score (nSPS) is 12.0. The molecule has 0 amide bonds. The maximum atomic E-state index is 12.4. The number of carbonyl (C=O) groups is 2. The minimum atomic E-state index is -0.0193. The number of unbranched alkanes of at least 4 members (excludes halogenated alkanes) is 19. The smallest absolute Gasteiger partial charge is 0.306 e. The third-order valence-electron chi connectivity index (χ3n) is 7.58. The Bertz CT molecular complexity index is 505. The molecule has 0 N–H and O–H groups in total. The van der Waals surface area contributed by atoms with E-state index < -0.39 is 0 Å². The van der Waals surface area contributed by atoms with Crippen molar-refractivity contribution in [2.75, 3.05) is 6.61 Å². The highest BCUT2D eigenvalue weighted by molar-refractivity contribution is 5.69. The fourth-order valence-corrected chi connectivity index (χ4v) is 5.02. The molecule has 0 aromatic rings. The molecule has 4 heteroatoms. The van der Waals surface area contributed by atoms with E-state index in [-0.39, 0.29) is 18.0 Å². The molecule has 0 heterocycles. The van der Waals surface area contributed by atoms with Crippen LogP contribution in [-0.4, -0.2) is 24.6 Å². The molecule has 0 aromatic carbocycles. The third kappa shape index (κ3) is 28.0. The molecule has 0 saturated heterocycles. The molecule has 1 unspecified atom stereocenters. The molecular weight excluding hydrogens is 472 g/mol. The number of hydrogen-bond acceptors (Lipinski definition) is 4. The van der Waals surface area contributed by atoms with E-state index in [1.807, 2.05) is 0 Å². The predicted molar refractivity (Wildman–Crippen MR) is 163 cm³/mol. The second-order valence-corrected chi connectivity index (χ2v) is 11.5. The minimum Gasteiger partial charge on any atom is -0.466 e. The molecule has 0 bridgehead atoms. The van der Waals surface area contributed by atoms with Crippen molar-refractivity contribution in [1.29, 1.82) is 0 Å². The molecule has 0 saturated carbocycles. The lowest BCUT2D eigenvalue weighted by Crippen LogP contribution is -2.18. The molecule has 0 aliphatic heterocycles. The number of esters is 2. The van der Waals surface area contributed by atoms with E-state index in [0.29, 0.717) is 19.4 Å². The zero-order valence-corrected chi connectivity index (χ0v) is 26.0. The summed E-state index contributed by atoms with van der Waals surface area (Å²) in [5, 5.41) is 0. The molecule has 38 heavy (non-hydrogen) atoms. The Morgan fingerprint density at radius 3 is 1.29 bits per heavy atom. The van der Waals surface area contributed by atoms with Crippen molar-refractivity contribution < 1.29 is 19.1 Å². The van der Waals surface area contributed by atoms with Gasteiger partial charge in [-0.25, -0.2) is 0 Å². The van der Waals surface area contributed by atoms with Crippen LogP contribution in [0.25, 0.3) is 0 Å². The minimum absolute atomic E-state index is 0.0193. The van der Waals surface area contributed by atoms with Gasteiger partial charge in [-0.15, -0.1) is 0 Å². The van der Waals surface area contributed by atoms with Gasteiger partial charge in [0.2, 0.25) is 0 Å². The molecule has 0 spiro atoms. The van der Waals surface area contributed by atoms with Crippen LogP contribution in [0.5, 0.6) is 0 Å². The summed E-state index contributed by atoms with van der Waals surface area (Å²) < 4.78 is 11.3. The predicted octanol–water partition coefficient (Wildman–Crippen LogP) is 11.0. The summed E-state index contributed by atoms with van der Waals surface area (Å²) in [6.07, 6.45) is 30.9. The van der Waals surface area contributed by atoms with E-state index >= 15 is 0 Å². The van der Waals surface area contributed by atoms with Crippen molar-refractivity contribution in [2.24, 2.45) is 0 Å². The zero-order valence-electron chi connectivity index (χ0n) is 26.0. The highest BCUT2D eigenvalue weighted by Gasteiger charge is 2.14. The van der Waals surface area contributed by atoms with Crippen LogP contribution in [0.4, 0.5) is 0 Å². The molecule has 1 atom stereocenters. The topological polar surface area (TPSA) is 52.6 Å². The SMILES string of the molecule is CCCCCCCCC(CCCCCCCCCOC(=O)CCCCCCC)OC(=O)CCCCCCC. The van der Waals surface area contributed by atoms with Gasteiger partial charge in [0.1, 0.15) is 6.10 Å². The second kappa shape index (κ2) is 30.5. The van der Waals surface area contributed by atoms with Crippen molar-refractivity contribution in [1.82, 2.24) is 0 Å². The fraction of sp³-hybridized carbons (Fsp3) is 0.941. The van der Waals surface area contributed by atoms with Crippen molar-refractivity contribution in [2.45, 2.75) is 200 Å². The molecule has 4 nitrogen and oxygen atoms in total. The Kier molecular flexibility index (Phi) is 29.6. The van der Waals surface area contributed by atoms with Gasteiger partial charge in [0.05, 0.1) is 6.61 Å². The van der Waals surface area contributed by atoms with Gasteiger partial charge in [0, 0.05) is 12.8 Å². The molecule has 0 aliphatic carbocycles. The average Bonchev–Trinajstić information content (AvgIpc) is 2.91. The molecule has 0 rings (SSSR count). The van der Waals surface area contributed by atoms with Gasteiger partial charge in [-0.05, 0) is 44.9 Å². The van der Waals surface area contributed by atoms with Crippen LogP contribution in [0.2, 0.25) is 0 Å². The highest BCUT2D eigenvalue weighted by Crippen LogP contribution is 2.18. The van der Waals surface area contributed by atoms with E-state index in [2.05, 4.69) is 20.8 Å². The standard InChI is InChI=1S/C34H66O4/c1-4-7-10-13-19-22-27-32(38-34(36)30-25-18-12-9-6-3)28-23-20-15-14-16-21-26-31-37-33(35)29-24-17-11-8-5-2/h32H,4-31H2,1-3H3. The summed E-state index contributed by atoms with van der Waals surface area (Å²) in [7, 11) is 0. The summed E-state index contributed by atoms with van der Waals surface area (Å²) in [6, 6.07) is 0. The summed E-state index contributed by atoms with van der Waals surface area (Å²) in [6.45, 7) is 7.26. The van der Waals surface area contributed by atoms with E-state index in [0.717, 1.165) is 57.8 Å². The Hall–Kier alpha value is -1.06. The molecule has 226 valence electrons. The second-order valence-electron chi connectivity index (χ2n) is 11.5. The number of ether oxygens (including phenoxy) is 2. The molecule has 0 radical (unpaired) electrons. The Morgan fingerprint density at radius 1 is 0.447 bits per heavy atom. The Labute approximate surface area is 237 Å². The lowest BCUT2D eigenvalue weighted by molar-refractivity contribution is -0.150. The lowest BCUT2D eigenvalue weighted by Gasteiger charge is -2.18. The first-order valence-electron chi connectivity index (χ1n) is 17.0. The number of carbonyl (C=O) groups excluding carboxylic acids is 2. The molecule has 0 aliphatic rings. The van der Waals surface area contributed by atoms with E-state index in [4.69, 9.17) is 9.47 Å². The maximum Gasteiger partial charge on any atom is 0.306 e. The highest BCUT2D eigenvalue weighted by atomic mass is 16.5. The summed E-state index contributed by atoms with van der Waals surface area (Å²) in [4.78, 5) is 24.2. The van der Waals surface area contributed by atoms with E-state index in [9.17, 15) is 9.59 Å². The van der Waals surface area contributed by atoms with Crippen molar-refractivity contribution in [3.8, 4) is 0 Å². The largest absolute Gasteiger partial charge is 0.466 e. The third-order valence-corrected chi connectivity index (χ3v) is 7.58. The van der Waals surface area contributed by atoms with Gasteiger partial charge < -0.3 is 9.47 Å². The quantitative estimate of drug-likeness (QED) is 0.0674. The van der Waals surface area contributed by atoms with Gasteiger partial charge in [0.15, 0.2) is 0 Å². The van der Waals surface area contributed by atoms with Crippen LogP contribution in [-0.2, 0) is 19.1 Å². The van der Waals surface area contributed by atoms with Gasteiger partial charge in [0.25, 0.3) is 0 Å². The first kappa shape index (κ1) is 36.9. The summed E-state index contributed by atoms with van der Waals surface area (Å²) >= 11 is 0. The van der Waals surface area contributed by atoms with Gasteiger partial charge in [-0.1, -0.05) is 136 Å². The van der Waals surface area contributed by atoms with Crippen molar-refractivity contribution in [3.63, 3.8) is 0 Å². The van der Waals surface area contributed by atoms with Crippen LogP contribution in [0.15, 0.2) is 0 Å². The first-order valence-corrected chi connectivity index (χ1v) is 17.0. The zero-order chi connectivity index (χ0) is 27.9. The van der Waals surface area contributed by atoms with Crippen LogP contribution in [0.3, 0.4) is 0 Å². The lowest BCUT2D eigenvalue weighted by atomic mass is 10.0. The summed E-state index contributed by atoms with van der Waals surface area (Å²) in [5.74, 6) is 0.00359. The Morgan fingerprint density at radius 2 is 0.816 bits per heavy atom. The van der Waals surface area contributed by atoms with Crippen LogP contribution in [0.1, 0.15) is 194 Å². The fourth-order valence-electron chi connectivity index (χ4n) is 5.02. The average molecular weight is 539 g/mol. The van der Waals surface area contributed by atoms with Crippen molar-refractivity contribution >= 4 is 11.9 Å². The van der Waals surface area contributed by atoms with Crippen LogP contribution >= 0.6 is 0 Å². The summed E-state index contributed by atoms with van der Waals surface area (Å²) in [5.41, 5.74) is 0. The van der Waals surface area contributed by atoms with E-state index in [1.54, 1.807) is 0 Å². The van der Waals surface area contributed by atoms with Crippen LogP contribution in [0, 0.1) is 0 Å². The van der Waals surface area contributed by atoms with Gasteiger partial charge in [-0.2, -0.15) is 0 Å².